The molecule has 0 amide bonds. The second-order valence-corrected chi connectivity index (χ2v) is 5.37. The van der Waals surface area contributed by atoms with Gasteiger partial charge in [0, 0.05) is 10.5 Å². The smallest absolute Gasteiger partial charge is 0.310 e. The molecule has 0 aliphatic heterocycles. The van der Waals surface area contributed by atoms with Crippen LogP contribution in [-0.2, 0) is 6.18 Å². The van der Waals surface area contributed by atoms with Gasteiger partial charge in [-0.15, -0.1) is 0 Å². The summed E-state index contributed by atoms with van der Waals surface area (Å²) >= 11 is 3.33. The van der Waals surface area contributed by atoms with Crippen LogP contribution in [0.15, 0.2) is 22.7 Å². The maximum absolute atomic E-state index is 12.7. The molecular weight excluding hydrogens is 307 g/mol. The molecule has 1 atom stereocenters. The fraction of sp³-hybridized carbons (Fsp3) is 0.538. The van der Waals surface area contributed by atoms with E-state index in [-0.39, 0.29) is 12.0 Å². The van der Waals surface area contributed by atoms with Crippen molar-refractivity contribution in [3.63, 3.8) is 0 Å². The molecule has 102 valence electrons. The summed E-state index contributed by atoms with van der Waals surface area (Å²) in [6.45, 7) is 6.63. The van der Waals surface area contributed by atoms with Gasteiger partial charge in [-0.1, -0.05) is 36.7 Å². The normalized spacial score (nSPS) is 14.0. The third-order valence-corrected chi connectivity index (χ3v) is 3.47. The van der Waals surface area contributed by atoms with Crippen LogP contribution in [0.5, 0.6) is 0 Å². The zero-order chi connectivity index (χ0) is 13.9. The Morgan fingerprint density at radius 1 is 1.28 bits per heavy atom. The van der Waals surface area contributed by atoms with E-state index in [2.05, 4.69) is 21.2 Å². The van der Waals surface area contributed by atoms with Gasteiger partial charge in [0.25, 0.3) is 0 Å². The molecule has 1 aromatic carbocycles. The predicted octanol–water partition coefficient (Wildman–Crippen LogP) is 4.77. The van der Waals surface area contributed by atoms with Crippen molar-refractivity contribution in [1.82, 2.24) is 5.32 Å². The molecule has 18 heavy (non-hydrogen) atoms. The Labute approximate surface area is 114 Å². The lowest BCUT2D eigenvalue weighted by atomic mass is 9.94. The second kappa shape index (κ2) is 6.06. The lowest BCUT2D eigenvalue weighted by Crippen LogP contribution is -2.26. The fourth-order valence-corrected chi connectivity index (χ4v) is 2.38. The van der Waals surface area contributed by atoms with E-state index in [9.17, 15) is 13.2 Å². The fourth-order valence-electron chi connectivity index (χ4n) is 1.88. The Morgan fingerprint density at radius 2 is 1.89 bits per heavy atom. The summed E-state index contributed by atoms with van der Waals surface area (Å²) in [5.74, 6) is 0.213. The largest absolute Gasteiger partial charge is 0.416 e. The van der Waals surface area contributed by atoms with Gasteiger partial charge in [0.2, 0.25) is 0 Å². The third-order valence-electron chi connectivity index (χ3n) is 2.75. The minimum Gasteiger partial charge on any atom is -0.310 e. The number of alkyl halides is 3. The van der Waals surface area contributed by atoms with Crippen molar-refractivity contribution in [3.05, 3.63) is 33.8 Å². The maximum atomic E-state index is 12.7. The average Bonchev–Trinajstić information content (AvgIpc) is 2.25. The number of hydrogen-bond donors (Lipinski definition) is 1. The molecule has 0 fully saturated rings. The van der Waals surface area contributed by atoms with Crippen LogP contribution >= 0.6 is 15.9 Å². The average molecular weight is 324 g/mol. The van der Waals surface area contributed by atoms with Crippen molar-refractivity contribution in [3.8, 4) is 0 Å². The van der Waals surface area contributed by atoms with Gasteiger partial charge in [-0.05, 0) is 36.2 Å². The van der Waals surface area contributed by atoms with Crippen LogP contribution in [0.2, 0.25) is 0 Å². The standard InChI is InChI=1S/C13H17BrF3N/c1-4-18-12(8(2)3)10-7-9(13(15,16)17)5-6-11(10)14/h5-8,12,18H,4H2,1-3H3. The van der Waals surface area contributed by atoms with Gasteiger partial charge in [-0.25, -0.2) is 0 Å². The molecule has 0 aliphatic carbocycles. The highest BCUT2D eigenvalue weighted by Crippen LogP contribution is 2.35. The molecule has 0 aliphatic rings. The Bertz CT molecular complexity index is 402. The van der Waals surface area contributed by atoms with Gasteiger partial charge < -0.3 is 5.32 Å². The van der Waals surface area contributed by atoms with E-state index in [1.54, 1.807) is 0 Å². The zero-order valence-electron chi connectivity index (χ0n) is 10.6. The van der Waals surface area contributed by atoms with Gasteiger partial charge in [0.05, 0.1) is 5.56 Å². The highest BCUT2D eigenvalue weighted by atomic mass is 79.9. The molecule has 1 aromatic rings. The van der Waals surface area contributed by atoms with Gasteiger partial charge in [0.15, 0.2) is 0 Å². The van der Waals surface area contributed by atoms with E-state index < -0.39 is 11.7 Å². The van der Waals surface area contributed by atoms with Crippen LogP contribution in [-0.4, -0.2) is 6.54 Å². The van der Waals surface area contributed by atoms with Crippen molar-refractivity contribution in [1.29, 1.82) is 0 Å². The van der Waals surface area contributed by atoms with E-state index in [4.69, 9.17) is 0 Å². The Hall–Kier alpha value is -0.550. The minimum absolute atomic E-state index is 0.0910. The number of benzene rings is 1. The summed E-state index contributed by atoms with van der Waals surface area (Å²) in [7, 11) is 0. The molecule has 0 saturated heterocycles. The van der Waals surface area contributed by atoms with Crippen molar-refractivity contribution in [2.24, 2.45) is 5.92 Å². The predicted molar refractivity (Wildman–Crippen MR) is 70.4 cm³/mol. The first-order chi connectivity index (χ1) is 8.27. The molecule has 1 N–H and O–H groups in total. The molecule has 1 nitrogen and oxygen atoms in total. The first kappa shape index (κ1) is 15.5. The summed E-state index contributed by atoms with van der Waals surface area (Å²) in [5, 5.41) is 3.22. The molecule has 0 aromatic heterocycles. The summed E-state index contributed by atoms with van der Waals surface area (Å²) in [5.41, 5.74) is 0.0472. The van der Waals surface area contributed by atoms with Crippen LogP contribution in [0.25, 0.3) is 0 Å². The molecule has 0 radical (unpaired) electrons. The first-order valence-electron chi connectivity index (χ1n) is 5.87. The van der Waals surface area contributed by atoms with Crippen LogP contribution in [0.3, 0.4) is 0 Å². The summed E-state index contributed by atoms with van der Waals surface area (Å²) in [6.07, 6.45) is -4.30. The van der Waals surface area contributed by atoms with Crippen LogP contribution in [0.1, 0.15) is 37.9 Å². The van der Waals surface area contributed by atoms with E-state index in [0.717, 1.165) is 6.07 Å². The second-order valence-electron chi connectivity index (χ2n) is 4.51. The minimum atomic E-state index is -4.30. The zero-order valence-corrected chi connectivity index (χ0v) is 12.2. The monoisotopic (exact) mass is 323 g/mol. The molecule has 5 heteroatoms. The number of halogens is 4. The van der Waals surface area contributed by atoms with Crippen molar-refractivity contribution < 1.29 is 13.2 Å². The molecule has 1 unspecified atom stereocenters. The topological polar surface area (TPSA) is 12.0 Å². The van der Waals surface area contributed by atoms with Gasteiger partial charge in [0.1, 0.15) is 0 Å². The Morgan fingerprint density at radius 3 is 2.33 bits per heavy atom. The lowest BCUT2D eigenvalue weighted by Gasteiger charge is -2.24. The highest BCUT2D eigenvalue weighted by molar-refractivity contribution is 9.10. The van der Waals surface area contributed by atoms with E-state index in [0.29, 0.717) is 16.6 Å². The van der Waals surface area contributed by atoms with Gasteiger partial charge in [-0.3, -0.25) is 0 Å². The van der Waals surface area contributed by atoms with Gasteiger partial charge >= 0.3 is 6.18 Å². The molecule has 0 heterocycles. The maximum Gasteiger partial charge on any atom is 0.416 e. The molecule has 1 rings (SSSR count). The van der Waals surface area contributed by atoms with Crippen LogP contribution in [0, 0.1) is 5.92 Å². The molecule has 0 spiro atoms. The molecule has 0 saturated carbocycles. The van der Waals surface area contributed by atoms with Crippen molar-refractivity contribution in [2.75, 3.05) is 6.54 Å². The summed E-state index contributed by atoms with van der Waals surface area (Å²) < 4.78 is 38.8. The van der Waals surface area contributed by atoms with Crippen molar-refractivity contribution in [2.45, 2.75) is 33.0 Å². The summed E-state index contributed by atoms with van der Waals surface area (Å²) in [6, 6.07) is 3.69. The number of hydrogen-bond acceptors (Lipinski definition) is 1. The van der Waals surface area contributed by atoms with Crippen LogP contribution in [0.4, 0.5) is 13.2 Å². The SMILES string of the molecule is CCNC(c1cc(C(F)(F)F)ccc1Br)C(C)C. The Balaban J connectivity index is 3.20. The lowest BCUT2D eigenvalue weighted by molar-refractivity contribution is -0.137. The summed E-state index contributed by atoms with van der Waals surface area (Å²) in [4.78, 5) is 0. The quantitative estimate of drug-likeness (QED) is 0.841. The van der Waals surface area contributed by atoms with Crippen molar-refractivity contribution >= 4 is 15.9 Å². The van der Waals surface area contributed by atoms with Gasteiger partial charge in [-0.2, -0.15) is 13.2 Å². The molecule has 0 bridgehead atoms. The van der Waals surface area contributed by atoms with E-state index in [1.165, 1.54) is 12.1 Å². The van der Waals surface area contributed by atoms with E-state index in [1.807, 2.05) is 20.8 Å². The first-order valence-corrected chi connectivity index (χ1v) is 6.66. The third kappa shape index (κ3) is 3.72. The number of rotatable bonds is 4. The van der Waals surface area contributed by atoms with Crippen LogP contribution < -0.4 is 5.32 Å². The Kier molecular flexibility index (Phi) is 5.22. The highest BCUT2D eigenvalue weighted by Gasteiger charge is 2.32. The molecular formula is C13H17BrF3N. The number of nitrogens with one attached hydrogen (secondary N) is 1. The van der Waals surface area contributed by atoms with E-state index >= 15 is 0 Å².